The lowest BCUT2D eigenvalue weighted by Gasteiger charge is -2.39. The number of aryl methyl sites for hydroxylation is 1. The summed E-state index contributed by atoms with van der Waals surface area (Å²) in [5.41, 5.74) is 6.47. The zero-order chi connectivity index (χ0) is 24.8. The topological polar surface area (TPSA) is 63.4 Å². The van der Waals surface area contributed by atoms with Gasteiger partial charge in [0, 0.05) is 52.7 Å². The highest BCUT2D eigenvalue weighted by molar-refractivity contribution is 5.81. The molecule has 4 rings (SSSR count). The van der Waals surface area contributed by atoms with Crippen LogP contribution in [0.4, 0.5) is 0 Å². The van der Waals surface area contributed by atoms with Crippen molar-refractivity contribution in [3.63, 3.8) is 0 Å². The van der Waals surface area contributed by atoms with Gasteiger partial charge in [-0.1, -0.05) is 38.0 Å². The van der Waals surface area contributed by atoms with Crippen LogP contribution in [0.2, 0.25) is 0 Å². The van der Waals surface area contributed by atoms with Gasteiger partial charge in [-0.3, -0.25) is 18.8 Å². The summed E-state index contributed by atoms with van der Waals surface area (Å²) in [7, 11) is 1.81. The van der Waals surface area contributed by atoms with Crippen LogP contribution < -0.4 is 5.69 Å². The van der Waals surface area contributed by atoms with E-state index in [0.717, 1.165) is 55.9 Å². The van der Waals surface area contributed by atoms with Crippen LogP contribution in [0.1, 0.15) is 60.1 Å². The fourth-order valence-corrected chi connectivity index (χ4v) is 5.18. The Bertz CT molecular complexity index is 1220. The summed E-state index contributed by atoms with van der Waals surface area (Å²) >= 11 is 0. The number of hydrogen-bond acceptors (Lipinski definition) is 4. The fraction of sp³-hybridized carbons (Fsp3) is 0.593. The molecular formula is C27H39N5O2. The van der Waals surface area contributed by atoms with Crippen LogP contribution in [-0.2, 0) is 18.4 Å². The van der Waals surface area contributed by atoms with Gasteiger partial charge in [-0.2, -0.15) is 0 Å². The van der Waals surface area contributed by atoms with Crippen LogP contribution in [0.15, 0.2) is 34.1 Å². The lowest BCUT2D eigenvalue weighted by Crippen LogP contribution is -2.51. The normalized spacial score (nSPS) is 19.0. The Hall–Kier alpha value is -2.67. The van der Waals surface area contributed by atoms with Crippen molar-refractivity contribution in [2.45, 2.75) is 67.0 Å². The number of carbonyl (C=O) groups is 1. The number of carbonyl (C=O) groups excluding carboxylic acids is 1. The van der Waals surface area contributed by atoms with E-state index >= 15 is 0 Å². The lowest BCUT2D eigenvalue weighted by atomic mass is 9.87. The molecule has 7 nitrogen and oxygen atoms in total. The van der Waals surface area contributed by atoms with Crippen LogP contribution in [0.5, 0.6) is 0 Å². The third-order valence-electron chi connectivity index (χ3n) is 7.31. The van der Waals surface area contributed by atoms with Crippen molar-refractivity contribution in [3.8, 4) is 0 Å². The zero-order valence-corrected chi connectivity index (χ0v) is 21.8. The molecule has 0 spiro atoms. The molecule has 3 heterocycles. The van der Waals surface area contributed by atoms with E-state index in [1.807, 2.05) is 16.5 Å². The predicted octanol–water partition coefficient (Wildman–Crippen LogP) is 3.83. The van der Waals surface area contributed by atoms with Crippen molar-refractivity contribution in [2.24, 2.45) is 12.5 Å². The minimum Gasteiger partial charge on any atom is -0.340 e. The highest BCUT2D eigenvalue weighted by atomic mass is 16.2. The van der Waals surface area contributed by atoms with Gasteiger partial charge in [0.2, 0.25) is 5.91 Å². The first-order valence-corrected chi connectivity index (χ1v) is 12.4. The van der Waals surface area contributed by atoms with Gasteiger partial charge in [0.05, 0.1) is 11.2 Å². The lowest BCUT2D eigenvalue weighted by molar-refractivity contribution is -0.130. The Morgan fingerprint density at radius 1 is 1.12 bits per heavy atom. The van der Waals surface area contributed by atoms with Gasteiger partial charge in [0.1, 0.15) is 0 Å². The zero-order valence-electron chi connectivity index (χ0n) is 21.8. The first-order valence-electron chi connectivity index (χ1n) is 12.4. The van der Waals surface area contributed by atoms with Gasteiger partial charge in [-0.15, -0.1) is 0 Å². The number of hydrogen-bond donors (Lipinski definition) is 0. The average Bonchev–Trinajstić information content (AvgIpc) is 3.02. The van der Waals surface area contributed by atoms with E-state index in [1.165, 1.54) is 16.7 Å². The molecule has 1 unspecified atom stereocenters. The van der Waals surface area contributed by atoms with E-state index in [4.69, 9.17) is 4.98 Å². The summed E-state index contributed by atoms with van der Waals surface area (Å²) in [6.07, 6.45) is 4.38. The summed E-state index contributed by atoms with van der Waals surface area (Å²) in [4.78, 5) is 34.0. The summed E-state index contributed by atoms with van der Waals surface area (Å²) in [6, 6.07) is 4.45. The molecule has 0 bridgehead atoms. The number of amides is 1. The van der Waals surface area contributed by atoms with E-state index < -0.39 is 0 Å². The molecular weight excluding hydrogens is 426 g/mol. The van der Waals surface area contributed by atoms with Crippen LogP contribution in [-0.4, -0.2) is 62.0 Å². The van der Waals surface area contributed by atoms with Crippen molar-refractivity contribution in [3.05, 3.63) is 45.5 Å². The second-order valence-corrected chi connectivity index (χ2v) is 11.2. The number of piperazine rings is 1. The molecule has 2 aromatic rings. The minimum absolute atomic E-state index is 0.00292. The van der Waals surface area contributed by atoms with Crippen LogP contribution in [0, 0.1) is 5.41 Å². The van der Waals surface area contributed by atoms with Crippen molar-refractivity contribution < 1.29 is 4.79 Å². The Morgan fingerprint density at radius 2 is 1.79 bits per heavy atom. The number of rotatable bonds is 4. The molecule has 2 aromatic heterocycles. The predicted molar refractivity (Wildman–Crippen MR) is 138 cm³/mol. The van der Waals surface area contributed by atoms with Crippen molar-refractivity contribution >= 4 is 22.6 Å². The third kappa shape index (κ3) is 4.76. The second-order valence-electron chi connectivity index (χ2n) is 11.2. The van der Waals surface area contributed by atoms with Gasteiger partial charge < -0.3 is 4.90 Å². The van der Waals surface area contributed by atoms with Crippen LogP contribution in [0.25, 0.3) is 16.7 Å². The van der Waals surface area contributed by atoms with Crippen molar-refractivity contribution in [2.75, 3.05) is 26.2 Å². The van der Waals surface area contributed by atoms with Crippen molar-refractivity contribution in [1.82, 2.24) is 23.9 Å². The molecule has 0 saturated carbocycles. The summed E-state index contributed by atoms with van der Waals surface area (Å²) in [5, 5.41) is 0. The van der Waals surface area contributed by atoms with Gasteiger partial charge in [0.25, 0.3) is 0 Å². The largest absolute Gasteiger partial charge is 0.340 e. The molecule has 34 heavy (non-hydrogen) atoms. The van der Waals surface area contributed by atoms with Gasteiger partial charge >= 0.3 is 5.69 Å². The average molecular weight is 466 g/mol. The molecule has 1 atom stereocenters. The molecule has 1 aliphatic heterocycles. The minimum atomic E-state index is -0.0153. The first-order chi connectivity index (χ1) is 16.0. The van der Waals surface area contributed by atoms with Gasteiger partial charge in [-0.25, -0.2) is 9.78 Å². The van der Waals surface area contributed by atoms with Gasteiger partial charge in [-0.05, 0) is 49.8 Å². The molecule has 0 N–H and O–H groups in total. The van der Waals surface area contributed by atoms with E-state index in [0.29, 0.717) is 12.6 Å². The molecule has 0 radical (unpaired) electrons. The summed E-state index contributed by atoms with van der Waals surface area (Å²) < 4.78 is 3.52. The first kappa shape index (κ1) is 24.5. The second kappa shape index (κ2) is 9.17. The summed E-state index contributed by atoms with van der Waals surface area (Å²) in [5.74, 6) is 0.164. The standard InChI is InChI=1S/C27H39N5O2/c1-18-8-9-21(19(2)30-12-14-31(15-13-30)20(3)33)16-22(18)23-10-11-24-25(28-23)29(7)26(34)32(24)17-27(4,5)6/h10-11,16,19H,8-9,12-15,17H2,1-7H3. The number of aromatic nitrogens is 3. The highest BCUT2D eigenvalue weighted by Gasteiger charge is 2.26. The maximum atomic E-state index is 12.9. The fourth-order valence-electron chi connectivity index (χ4n) is 5.18. The molecule has 0 aromatic carbocycles. The van der Waals surface area contributed by atoms with Crippen LogP contribution in [0.3, 0.4) is 0 Å². The highest BCUT2D eigenvalue weighted by Crippen LogP contribution is 2.33. The Balaban J connectivity index is 1.63. The number of imidazole rings is 1. The Kier molecular flexibility index (Phi) is 6.60. The van der Waals surface area contributed by atoms with E-state index in [1.54, 1.807) is 11.5 Å². The van der Waals surface area contributed by atoms with E-state index in [9.17, 15) is 9.59 Å². The number of pyridine rings is 1. The van der Waals surface area contributed by atoms with E-state index in [2.05, 4.69) is 57.7 Å². The molecule has 184 valence electrons. The molecule has 2 aliphatic rings. The third-order valence-corrected chi connectivity index (χ3v) is 7.31. The smallest absolute Gasteiger partial charge is 0.330 e. The van der Waals surface area contributed by atoms with E-state index in [-0.39, 0.29) is 17.0 Å². The molecule has 1 amide bonds. The Morgan fingerprint density at radius 3 is 2.41 bits per heavy atom. The number of nitrogens with zero attached hydrogens (tertiary/aromatic N) is 5. The van der Waals surface area contributed by atoms with Crippen molar-refractivity contribution in [1.29, 1.82) is 0 Å². The monoisotopic (exact) mass is 465 g/mol. The maximum absolute atomic E-state index is 12.9. The SMILES string of the molecule is CC(=O)N1CCN(C(C)C2=CC(c3ccc4c(n3)n(C)c(=O)n4CC(C)(C)C)=C(C)CC2)CC1. The van der Waals surface area contributed by atoms with Crippen LogP contribution >= 0.6 is 0 Å². The molecule has 7 heteroatoms. The molecule has 1 aliphatic carbocycles. The molecule has 1 fully saturated rings. The quantitative estimate of drug-likeness (QED) is 0.689. The maximum Gasteiger partial charge on any atom is 0.330 e. The van der Waals surface area contributed by atoms with Gasteiger partial charge in [0.15, 0.2) is 5.65 Å². The molecule has 1 saturated heterocycles. The number of allylic oxidation sites excluding steroid dienone is 3. The summed E-state index contributed by atoms with van der Waals surface area (Å²) in [6.45, 7) is 16.6. The number of fused-ring (bicyclic) bond motifs is 1. The Labute approximate surface area is 202 Å².